The molecule has 1 aliphatic rings. The maximum absolute atomic E-state index is 11.4. The highest BCUT2D eigenvalue weighted by molar-refractivity contribution is 5.68. The predicted molar refractivity (Wildman–Crippen MR) is 83.9 cm³/mol. The lowest BCUT2D eigenvalue weighted by Gasteiger charge is -2.29. The van der Waals surface area contributed by atoms with Crippen molar-refractivity contribution in [2.75, 3.05) is 11.9 Å². The minimum absolute atomic E-state index is 0.0435. The first-order valence-corrected chi connectivity index (χ1v) is 7.80. The van der Waals surface area contributed by atoms with Gasteiger partial charge in [-0.2, -0.15) is 0 Å². The van der Waals surface area contributed by atoms with Crippen LogP contribution in [0.1, 0.15) is 46.0 Å². The molecule has 1 N–H and O–H groups in total. The summed E-state index contributed by atoms with van der Waals surface area (Å²) in [5.74, 6) is 0.928. The highest BCUT2D eigenvalue weighted by Gasteiger charge is 2.25. The first kappa shape index (κ1) is 15.6. The number of rotatable bonds is 6. The molecule has 0 bridgehead atoms. The van der Waals surface area contributed by atoms with Crippen LogP contribution in [-0.4, -0.2) is 17.6 Å². The van der Waals surface area contributed by atoms with Gasteiger partial charge in [0.25, 0.3) is 0 Å². The van der Waals surface area contributed by atoms with Gasteiger partial charge in [-0.3, -0.25) is 10.1 Å². The molecule has 1 aromatic carbocycles. The molecule has 1 fully saturated rings. The van der Waals surface area contributed by atoms with E-state index >= 15 is 0 Å². The Hall–Kier alpha value is -1.78. The van der Waals surface area contributed by atoms with E-state index in [4.69, 9.17) is 4.74 Å². The van der Waals surface area contributed by atoms with Gasteiger partial charge in [0.15, 0.2) is 5.75 Å². The summed E-state index contributed by atoms with van der Waals surface area (Å²) in [7, 11) is 0. The highest BCUT2D eigenvalue weighted by Crippen LogP contribution is 2.36. The molecule has 0 heterocycles. The quantitative estimate of drug-likeness (QED) is 0.624. The molecule has 2 rings (SSSR count). The number of hydrogen-bond acceptors (Lipinski definition) is 4. The Labute approximate surface area is 125 Å². The predicted octanol–water partition coefficient (Wildman–Crippen LogP) is 4.37. The first-order chi connectivity index (χ1) is 10.1. The molecular weight excluding hydrogens is 268 g/mol. The van der Waals surface area contributed by atoms with Crippen molar-refractivity contribution in [3.8, 4) is 5.75 Å². The summed E-state index contributed by atoms with van der Waals surface area (Å²) in [6.45, 7) is 4.37. The van der Waals surface area contributed by atoms with E-state index in [1.165, 1.54) is 32.1 Å². The number of nitro benzene ring substituents is 1. The van der Waals surface area contributed by atoms with E-state index in [1.54, 1.807) is 18.2 Å². The van der Waals surface area contributed by atoms with Gasteiger partial charge < -0.3 is 10.1 Å². The number of nitrogens with one attached hydrogen (secondary N) is 1. The number of hydrogen-bond donors (Lipinski definition) is 1. The topological polar surface area (TPSA) is 64.4 Å². The number of benzene rings is 1. The number of nitrogens with zero attached hydrogens (tertiary/aromatic N) is 1. The summed E-state index contributed by atoms with van der Waals surface area (Å²) in [6.07, 6.45) is 6.24. The standard InChI is InChI=1S/C16H24N2O3/c1-3-21-15-11-7-10-14(16(15)18(19)20)17-12(2)13-8-5-4-6-9-13/h7,10-13,17H,3-6,8-9H2,1-2H3. The molecule has 1 aromatic rings. The van der Waals surface area contributed by atoms with Crippen molar-refractivity contribution >= 4 is 11.4 Å². The fourth-order valence-corrected chi connectivity index (χ4v) is 3.10. The molecular formula is C16H24N2O3. The second-order valence-electron chi connectivity index (χ2n) is 5.67. The molecule has 5 nitrogen and oxygen atoms in total. The third kappa shape index (κ3) is 3.86. The van der Waals surface area contributed by atoms with Gasteiger partial charge in [-0.25, -0.2) is 0 Å². The Bertz CT molecular complexity index is 484. The van der Waals surface area contributed by atoms with Crippen LogP contribution in [0.2, 0.25) is 0 Å². The van der Waals surface area contributed by atoms with Crippen molar-refractivity contribution in [1.82, 2.24) is 0 Å². The largest absolute Gasteiger partial charge is 0.487 e. The van der Waals surface area contributed by atoms with Gasteiger partial charge in [0.2, 0.25) is 0 Å². The average molecular weight is 292 g/mol. The van der Waals surface area contributed by atoms with E-state index in [2.05, 4.69) is 12.2 Å². The fraction of sp³-hybridized carbons (Fsp3) is 0.625. The SMILES string of the molecule is CCOc1cccc(NC(C)C2CCCCC2)c1[N+](=O)[O-]. The van der Waals surface area contributed by atoms with Crippen LogP contribution >= 0.6 is 0 Å². The lowest BCUT2D eigenvalue weighted by atomic mass is 9.84. The van der Waals surface area contributed by atoms with Crippen molar-refractivity contribution in [2.24, 2.45) is 5.92 Å². The maximum Gasteiger partial charge on any atom is 0.333 e. The van der Waals surface area contributed by atoms with E-state index in [-0.39, 0.29) is 16.7 Å². The molecule has 21 heavy (non-hydrogen) atoms. The molecule has 5 heteroatoms. The van der Waals surface area contributed by atoms with Crippen LogP contribution in [0, 0.1) is 16.0 Å². The molecule has 0 aliphatic heterocycles. The number of ether oxygens (including phenoxy) is 1. The van der Waals surface area contributed by atoms with Crippen LogP contribution in [0.15, 0.2) is 18.2 Å². The molecule has 0 spiro atoms. The average Bonchev–Trinajstić information content (AvgIpc) is 2.48. The van der Waals surface area contributed by atoms with Gasteiger partial charge in [0.1, 0.15) is 5.69 Å². The molecule has 0 saturated heterocycles. The molecule has 1 aliphatic carbocycles. The Kier molecular flexibility index (Phi) is 5.42. The van der Waals surface area contributed by atoms with Crippen LogP contribution < -0.4 is 10.1 Å². The van der Waals surface area contributed by atoms with Crippen molar-refractivity contribution in [3.63, 3.8) is 0 Å². The molecule has 0 amide bonds. The molecule has 0 aromatic heterocycles. The Morgan fingerprint density at radius 2 is 2.10 bits per heavy atom. The van der Waals surface area contributed by atoms with Crippen LogP contribution in [0.25, 0.3) is 0 Å². The third-order valence-electron chi connectivity index (χ3n) is 4.22. The summed E-state index contributed by atoms with van der Waals surface area (Å²) in [5.41, 5.74) is 0.603. The van der Waals surface area contributed by atoms with E-state index in [9.17, 15) is 10.1 Å². The van der Waals surface area contributed by atoms with Gasteiger partial charge in [-0.15, -0.1) is 0 Å². The smallest absolute Gasteiger partial charge is 0.333 e. The minimum atomic E-state index is -0.360. The van der Waals surface area contributed by atoms with Crippen molar-refractivity contribution in [1.29, 1.82) is 0 Å². The molecule has 116 valence electrons. The first-order valence-electron chi connectivity index (χ1n) is 7.80. The van der Waals surface area contributed by atoms with E-state index < -0.39 is 0 Å². The van der Waals surface area contributed by atoms with E-state index in [0.29, 0.717) is 24.0 Å². The van der Waals surface area contributed by atoms with Crippen LogP contribution in [-0.2, 0) is 0 Å². The van der Waals surface area contributed by atoms with Gasteiger partial charge >= 0.3 is 5.69 Å². The van der Waals surface area contributed by atoms with Gasteiger partial charge in [-0.1, -0.05) is 25.3 Å². The second-order valence-corrected chi connectivity index (χ2v) is 5.67. The van der Waals surface area contributed by atoms with Crippen molar-refractivity contribution < 1.29 is 9.66 Å². The van der Waals surface area contributed by atoms with Crippen LogP contribution in [0.3, 0.4) is 0 Å². The summed E-state index contributed by atoms with van der Waals surface area (Å²) >= 11 is 0. The lowest BCUT2D eigenvalue weighted by Crippen LogP contribution is -2.28. The lowest BCUT2D eigenvalue weighted by molar-refractivity contribution is -0.385. The zero-order chi connectivity index (χ0) is 15.2. The molecule has 0 radical (unpaired) electrons. The normalized spacial score (nSPS) is 17.2. The van der Waals surface area contributed by atoms with Crippen LogP contribution in [0.5, 0.6) is 5.75 Å². The summed E-state index contributed by atoms with van der Waals surface area (Å²) in [5, 5.41) is 14.7. The minimum Gasteiger partial charge on any atom is -0.487 e. The zero-order valence-corrected chi connectivity index (χ0v) is 12.8. The molecule has 1 atom stereocenters. The monoisotopic (exact) mass is 292 g/mol. The number of para-hydroxylation sites is 1. The number of anilines is 1. The van der Waals surface area contributed by atoms with Gasteiger partial charge in [0.05, 0.1) is 11.5 Å². The summed E-state index contributed by atoms with van der Waals surface area (Å²) < 4.78 is 5.38. The molecule has 1 saturated carbocycles. The van der Waals surface area contributed by atoms with Crippen LogP contribution in [0.4, 0.5) is 11.4 Å². The Morgan fingerprint density at radius 1 is 1.38 bits per heavy atom. The zero-order valence-electron chi connectivity index (χ0n) is 12.8. The highest BCUT2D eigenvalue weighted by atomic mass is 16.6. The van der Waals surface area contributed by atoms with E-state index in [0.717, 1.165) is 0 Å². The van der Waals surface area contributed by atoms with Gasteiger partial charge in [-0.05, 0) is 44.7 Å². The fourth-order valence-electron chi connectivity index (χ4n) is 3.10. The second kappa shape index (κ2) is 7.29. The maximum atomic E-state index is 11.4. The third-order valence-corrected chi connectivity index (χ3v) is 4.22. The molecule has 1 unspecified atom stereocenters. The van der Waals surface area contributed by atoms with Gasteiger partial charge in [0, 0.05) is 6.04 Å². The number of nitro groups is 1. The Morgan fingerprint density at radius 3 is 2.71 bits per heavy atom. The van der Waals surface area contributed by atoms with E-state index in [1.807, 2.05) is 6.92 Å². The van der Waals surface area contributed by atoms with Crippen molar-refractivity contribution in [2.45, 2.75) is 52.0 Å². The summed E-state index contributed by atoms with van der Waals surface area (Å²) in [4.78, 5) is 11.0. The van der Waals surface area contributed by atoms with Crippen molar-refractivity contribution in [3.05, 3.63) is 28.3 Å². The summed E-state index contributed by atoms with van der Waals surface area (Å²) in [6, 6.07) is 5.45. The Balaban J connectivity index is 2.18.